The predicted octanol–water partition coefficient (Wildman–Crippen LogP) is 2.50. The second kappa shape index (κ2) is 8.24. The number of hydrogen-bond donors (Lipinski definition) is 0. The van der Waals surface area contributed by atoms with Gasteiger partial charge in [-0.3, -0.25) is 4.79 Å². The summed E-state index contributed by atoms with van der Waals surface area (Å²) in [5.74, 6) is -0.444. The maximum absolute atomic E-state index is 14.3. The summed E-state index contributed by atoms with van der Waals surface area (Å²) in [6.45, 7) is 3.13. The number of ether oxygens (including phenoxy) is 1. The monoisotopic (exact) mass is 398 g/mol. The normalized spacial score (nSPS) is 24.6. The maximum Gasteiger partial charge on any atom is 0.253 e. The van der Waals surface area contributed by atoms with E-state index in [0.717, 1.165) is 31.7 Å². The topological polar surface area (TPSA) is 66.9 Å². The van der Waals surface area contributed by atoms with E-state index in [0.29, 0.717) is 5.92 Å². The zero-order valence-corrected chi connectivity index (χ0v) is 16.7. The highest BCUT2D eigenvalue weighted by Crippen LogP contribution is 2.28. The minimum atomic E-state index is -4.00. The quantitative estimate of drug-likeness (QED) is 0.782. The summed E-state index contributed by atoms with van der Waals surface area (Å²) >= 11 is 0. The molecule has 1 aromatic carbocycles. The molecule has 1 heterocycles. The molecule has 150 valence electrons. The fourth-order valence-corrected chi connectivity index (χ4v) is 5.26. The smallest absolute Gasteiger partial charge is 0.253 e. The first-order valence-electron chi connectivity index (χ1n) is 9.45. The average molecular weight is 399 g/mol. The Kier molecular flexibility index (Phi) is 6.18. The highest BCUT2D eigenvalue weighted by Gasteiger charge is 2.31. The number of nitrogens with zero attached hydrogens (tertiary/aromatic N) is 2. The molecule has 6 nitrogen and oxygen atoms in total. The number of amides is 1. The van der Waals surface area contributed by atoms with E-state index >= 15 is 0 Å². The first-order chi connectivity index (χ1) is 12.8. The average Bonchev–Trinajstić information content (AvgIpc) is 2.68. The van der Waals surface area contributed by atoms with Crippen LogP contribution in [0.1, 0.15) is 43.0 Å². The molecule has 3 rings (SSSR count). The summed E-state index contributed by atoms with van der Waals surface area (Å²) in [6.07, 6.45) is 4.01. The van der Waals surface area contributed by atoms with Crippen LogP contribution in [-0.4, -0.2) is 62.9 Å². The fraction of sp³-hybridized carbons (Fsp3) is 0.632. The second-order valence-electron chi connectivity index (χ2n) is 7.49. The number of carbonyl (C=O) groups excluding carboxylic acids is 1. The minimum Gasteiger partial charge on any atom is -0.379 e. The van der Waals surface area contributed by atoms with E-state index in [9.17, 15) is 17.6 Å². The molecule has 1 saturated heterocycles. The minimum absolute atomic E-state index is 0.137. The van der Waals surface area contributed by atoms with Gasteiger partial charge in [0, 0.05) is 31.7 Å². The second-order valence-corrected chi connectivity index (χ2v) is 9.40. The number of benzene rings is 1. The number of rotatable bonds is 4. The van der Waals surface area contributed by atoms with Crippen molar-refractivity contribution < 1.29 is 22.3 Å². The van der Waals surface area contributed by atoms with E-state index in [1.165, 1.54) is 16.4 Å². The molecule has 1 saturated carbocycles. The Hall–Kier alpha value is -1.51. The van der Waals surface area contributed by atoms with Crippen LogP contribution >= 0.6 is 0 Å². The molecule has 27 heavy (non-hydrogen) atoms. The molecule has 2 aliphatic rings. The molecule has 0 aromatic heterocycles. The first-order valence-corrected chi connectivity index (χ1v) is 10.9. The summed E-state index contributed by atoms with van der Waals surface area (Å²) in [6, 6.07) is 3.73. The number of hydrogen-bond acceptors (Lipinski definition) is 4. The van der Waals surface area contributed by atoms with Crippen LogP contribution in [0, 0.1) is 11.7 Å². The fourth-order valence-electron chi connectivity index (χ4n) is 3.76. The molecular formula is C19H27FN2O4S. The largest absolute Gasteiger partial charge is 0.379 e. The van der Waals surface area contributed by atoms with Crippen LogP contribution in [0.2, 0.25) is 0 Å². The Morgan fingerprint density at radius 3 is 2.44 bits per heavy atom. The van der Waals surface area contributed by atoms with Gasteiger partial charge in [0.1, 0.15) is 10.7 Å². The van der Waals surface area contributed by atoms with Crippen LogP contribution < -0.4 is 0 Å². The molecule has 8 heteroatoms. The Bertz CT molecular complexity index is 785. The third-order valence-corrected chi connectivity index (χ3v) is 7.53. The lowest BCUT2D eigenvalue weighted by atomic mass is 9.86. The molecule has 0 spiro atoms. The van der Waals surface area contributed by atoms with E-state index in [1.807, 2.05) is 0 Å². The van der Waals surface area contributed by atoms with Gasteiger partial charge in [-0.2, -0.15) is 4.31 Å². The molecule has 1 aromatic rings. The molecule has 0 unspecified atom stereocenters. The van der Waals surface area contributed by atoms with Gasteiger partial charge >= 0.3 is 0 Å². The van der Waals surface area contributed by atoms with Crippen molar-refractivity contribution in [3.05, 3.63) is 29.6 Å². The molecule has 1 aliphatic carbocycles. The van der Waals surface area contributed by atoms with E-state index in [2.05, 4.69) is 6.92 Å². The number of halogens is 1. The van der Waals surface area contributed by atoms with Gasteiger partial charge in [0.25, 0.3) is 5.91 Å². The van der Waals surface area contributed by atoms with Crippen molar-refractivity contribution in [2.45, 2.75) is 43.5 Å². The summed E-state index contributed by atoms with van der Waals surface area (Å²) in [5.41, 5.74) is 0.198. The maximum atomic E-state index is 14.3. The van der Waals surface area contributed by atoms with E-state index in [-0.39, 0.29) is 43.8 Å². The lowest BCUT2D eigenvalue weighted by molar-refractivity contribution is 0.0678. The number of morpholine rings is 1. The van der Waals surface area contributed by atoms with E-state index in [4.69, 9.17) is 4.74 Å². The molecule has 2 fully saturated rings. The molecular weight excluding hydrogens is 371 g/mol. The van der Waals surface area contributed by atoms with E-state index < -0.39 is 20.7 Å². The lowest BCUT2D eigenvalue weighted by Crippen LogP contribution is -2.41. The van der Waals surface area contributed by atoms with Crippen LogP contribution in [0.5, 0.6) is 0 Å². The molecule has 1 amide bonds. The van der Waals surface area contributed by atoms with Gasteiger partial charge in [-0.05, 0) is 49.8 Å². The Morgan fingerprint density at radius 2 is 1.81 bits per heavy atom. The van der Waals surface area contributed by atoms with Gasteiger partial charge in [-0.1, -0.05) is 6.92 Å². The van der Waals surface area contributed by atoms with Crippen molar-refractivity contribution in [3.8, 4) is 0 Å². The van der Waals surface area contributed by atoms with Gasteiger partial charge in [-0.15, -0.1) is 0 Å². The van der Waals surface area contributed by atoms with Crippen LogP contribution in [-0.2, 0) is 14.8 Å². The van der Waals surface area contributed by atoms with Gasteiger partial charge in [-0.25, -0.2) is 12.8 Å². The van der Waals surface area contributed by atoms with Gasteiger partial charge in [0.05, 0.1) is 13.2 Å². The first kappa shape index (κ1) is 20.2. The lowest BCUT2D eigenvalue weighted by Gasteiger charge is -2.33. The van der Waals surface area contributed by atoms with Gasteiger partial charge in [0.15, 0.2) is 0 Å². The van der Waals surface area contributed by atoms with Gasteiger partial charge < -0.3 is 9.64 Å². The van der Waals surface area contributed by atoms with E-state index in [1.54, 1.807) is 11.9 Å². The van der Waals surface area contributed by atoms with Crippen LogP contribution in [0.4, 0.5) is 4.39 Å². The third-order valence-electron chi connectivity index (χ3n) is 5.62. The Morgan fingerprint density at radius 1 is 1.19 bits per heavy atom. The van der Waals surface area contributed by atoms with Crippen molar-refractivity contribution >= 4 is 15.9 Å². The Balaban J connectivity index is 1.83. The molecule has 0 atom stereocenters. The van der Waals surface area contributed by atoms with Crippen LogP contribution in [0.25, 0.3) is 0 Å². The summed E-state index contributed by atoms with van der Waals surface area (Å²) in [5, 5.41) is 0. The van der Waals surface area contributed by atoms with Gasteiger partial charge in [0.2, 0.25) is 10.0 Å². The zero-order valence-electron chi connectivity index (χ0n) is 15.9. The van der Waals surface area contributed by atoms with Crippen molar-refractivity contribution in [3.63, 3.8) is 0 Å². The summed E-state index contributed by atoms with van der Waals surface area (Å²) in [7, 11) is -2.26. The standard InChI is InChI=1S/C19H27FN2O4S/c1-14-3-6-16(7-4-14)21(2)19(23)15-5-8-17(20)18(13-15)27(24,25)22-9-11-26-12-10-22/h5,8,13-14,16H,3-4,6-7,9-12H2,1-2H3. The number of carbonyl (C=O) groups is 1. The summed E-state index contributed by atoms with van der Waals surface area (Å²) < 4.78 is 46.3. The van der Waals surface area contributed by atoms with Crippen molar-refractivity contribution in [1.82, 2.24) is 9.21 Å². The molecule has 0 N–H and O–H groups in total. The number of sulfonamides is 1. The van der Waals surface area contributed by atoms with Crippen LogP contribution in [0.15, 0.2) is 23.1 Å². The predicted molar refractivity (Wildman–Crippen MR) is 99.5 cm³/mol. The van der Waals surface area contributed by atoms with Crippen molar-refractivity contribution in [2.24, 2.45) is 5.92 Å². The zero-order chi connectivity index (χ0) is 19.6. The molecule has 1 aliphatic heterocycles. The Labute approximate surface area is 160 Å². The third kappa shape index (κ3) is 4.33. The SMILES string of the molecule is CC1CCC(N(C)C(=O)c2ccc(F)c(S(=O)(=O)N3CCOCC3)c2)CC1. The highest BCUT2D eigenvalue weighted by molar-refractivity contribution is 7.89. The summed E-state index contributed by atoms with van der Waals surface area (Å²) in [4.78, 5) is 14.1. The molecule has 0 radical (unpaired) electrons. The van der Waals surface area contributed by atoms with Crippen molar-refractivity contribution in [2.75, 3.05) is 33.4 Å². The van der Waals surface area contributed by atoms with Crippen molar-refractivity contribution in [1.29, 1.82) is 0 Å². The highest BCUT2D eigenvalue weighted by atomic mass is 32.2. The molecule has 0 bridgehead atoms. The van der Waals surface area contributed by atoms with Crippen LogP contribution in [0.3, 0.4) is 0 Å².